The molecule has 2 atom stereocenters. The number of amides is 1. The lowest BCUT2D eigenvalue weighted by molar-refractivity contribution is -0.0660. The molecule has 0 saturated carbocycles. The van der Waals surface area contributed by atoms with Crippen molar-refractivity contribution < 1.29 is 19.4 Å². The Morgan fingerprint density at radius 1 is 1.60 bits per heavy atom. The minimum atomic E-state index is -0.840. The largest absolute Gasteiger partial charge is 0.444 e. The summed E-state index contributed by atoms with van der Waals surface area (Å²) in [7, 11) is 0. The Morgan fingerprint density at radius 2 is 2.20 bits per heavy atom. The second-order valence-corrected chi connectivity index (χ2v) is 6.33. The maximum absolute atomic E-state index is 12.3. The zero-order valence-corrected chi connectivity index (χ0v) is 12.9. The smallest absolute Gasteiger partial charge is 0.413 e. The molecule has 0 aromatic rings. The number of carbonyl (C=O) groups excluding carboxylic acids is 1. The van der Waals surface area contributed by atoms with E-state index in [0.29, 0.717) is 6.54 Å². The standard InChI is InChI=1S/C14H26N2O4/c1-13(2,3)20-12(18)16-10(9-19-14(16,4)5)11(17)7-6-8-15/h6-7,10-11,17H,8-9,15H2,1-5H3/b7-6+/t10?,11-/m0/s1. The first kappa shape index (κ1) is 16.9. The topological polar surface area (TPSA) is 85.0 Å². The predicted molar refractivity (Wildman–Crippen MR) is 76.1 cm³/mol. The van der Waals surface area contributed by atoms with Crippen molar-refractivity contribution in [1.29, 1.82) is 0 Å². The lowest BCUT2D eigenvalue weighted by atomic mass is 10.1. The van der Waals surface area contributed by atoms with Crippen LogP contribution in [0.4, 0.5) is 4.79 Å². The van der Waals surface area contributed by atoms with Gasteiger partial charge in [-0.2, -0.15) is 0 Å². The molecule has 1 rings (SSSR count). The second-order valence-electron chi connectivity index (χ2n) is 6.33. The Bertz CT molecular complexity index is 374. The number of nitrogens with zero attached hydrogens (tertiary/aromatic N) is 1. The Morgan fingerprint density at radius 3 is 2.70 bits per heavy atom. The van der Waals surface area contributed by atoms with Crippen LogP contribution in [0.2, 0.25) is 0 Å². The summed E-state index contributed by atoms with van der Waals surface area (Å²) in [6.45, 7) is 9.53. The van der Waals surface area contributed by atoms with Crippen LogP contribution in [0.15, 0.2) is 12.2 Å². The summed E-state index contributed by atoms with van der Waals surface area (Å²) >= 11 is 0. The third-order valence-electron chi connectivity index (χ3n) is 2.97. The van der Waals surface area contributed by atoms with Crippen LogP contribution in [0.25, 0.3) is 0 Å². The Hall–Kier alpha value is -1.11. The first-order valence-electron chi connectivity index (χ1n) is 6.79. The van der Waals surface area contributed by atoms with Crippen molar-refractivity contribution in [1.82, 2.24) is 4.90 Å². The van der Waals surface area contributed by atoms with Gasteiger partial charge < -0.3 is 20.3 Å². The van der Waals surface area contributed by atoms with Gasteiger partial charge in [-0.1, -0.05) is 12.2 Å². The predicted octanol–water partition coefficient (Wildman–Crippen LogP) is 1.23. The van der Waals surface area contributed by atoms with E-state index in [1.807, 2.05) is 0 Å². The van der Waals surface area contributed by atoms with Crippen LogP contribution < -0.4 is 5.73 Å². The van der Waals surface area contributed by atoms with Crippen molar-refractivity contribution in [3.8, 4) is 0 Å². The summed E-state index contributed by atoms with van der Waals surface area (Å²) < 4.78 is 11.0. The highest BCUT2D eigenvalue weighted by atomic mass is 16.6. The van der Waals surface area contributed by atoms with Gasteiger partial charge in [0, 0.05) is 6.54 Å². The van der Waals surface area contributed by atoms with Gasteiger partial charge in [0.2, 0.25) is 0 Å². The molecule has 20 heavy (non-hydrogen) atoms. The molecule has 1 aliphatic heterocycles. The number of nitrogens with two attached hydrogens (primary N) is 1. The molecule has 1 fully saturated rings. The van der Waals surface area contributed by atoms with Gasteiger partial charge in [-0.25, -0.2) is 4.79 Å². The van der Waals surface area contributed by atoms with E-state index in [4.69, 9.17) is 15.2 Å². The molecule has 3 N–H and O–H groups in total. The monoisotopic (exact) mass is 286 g/mol. The molecule has 0 aromatic heterocycles. The molecular formula is C14H26N2O4. The molecule has 0 radical (unpaired) electrons. The average molecular weight is 286 g/mol. The third-order valence-corrected chi connectivity index (χ3v) is 2.97. The first-order chi connectivity index (χ1) is 9.08. The maximum Gasteiger partial charge on any atom is 0.413 e. The van der Waals surface area contributed by atoms with Crippen LogP contribution in [-0.2, 0) is 9.47 Å². The number of hydrogen-bond acceptors (Lipinski definition) is 5. The van der Waals surface area contributed by atoms with Crippen LogP contribution in [0.1, 0.15) is 34.6 Å². The molecule has 0 aliphatic carbocycles. The summed E-state index contributed by atoms with van der Waals surface area (Å²) in [4.78, 5) is 13.8. The van der Waals surface area contributed by atoms with Crippen molar-refractivity contribution in [3.05, 3.63) is 12.2 Å². The fourth-order valence-electron chi connectivity index (χ4n) is 2.10. The molecular weight excluding hydrogens is 260 g/mol. The summed E-state index contributed by atoms with van der Waals surface area (Å²) in [6.07, 6.45) is 1.90. The van der Waals surface area contributed by atoms with Crippen molar-refractivity contribution in [2.45, 2.75) is 58.1 Å². The van der Waals surface area contributed by atoms with Crippen molar-refractivity contribution in [3.63, 3.8) is 0 Å². The zero-order valence-electron chi connectivity index (χ0n) is 12.9. The molecule has 1 unspecified atom stereocenters. The zero-order chi connectivity index (χ0) is 15.6. The van der Waals surface area contributed by atoms with Gasteiger partial charge in [0.05, 0.1) is 18.8 Å². The highest BCUT2D eigenvalue weighted by molar-refractivity contribution is 5.70. The molecule has 0 bridgehead atoms. The van der Waals surface area contributed by atoms with Gasteiger partial charge in [0.25, 0.3) is 0 Å². The summed E-state index contributed by atoms with van der Waals surface area (Å²) in [5.74, 6) is 0. The van der Waals surface area contributed by atoms with Crippen molar-refractivity contribution >= 4 is 6.09 Å². The van der Waals surface area contributed by atoms with Crippen LogP contribution in [0.5, 0.6) is 0 Å². The van der Waals surface area contributed by atoms with Crippen molar-refractivity contribution in [2.75, 3.05) is 13.2 Å². The molecule has 1 heterocycles. The fraction of sp³-hybridized carbons (Fsp3) is 0.786. The second kappa shape index (κ2) is 6.11. The summed E-state index contributed by atoms with van der Waals surface area (Å²) in [5, 5.41) is 10.2. The molecule has 0 aromatic carbocycles. The van der Waals surface area contributed by atoms with Gasteiger partial charge in [-0.3, -0.25) is 4.90 Å². The van der Waals surface area contributed by atoms with Gasteiger partial charge in [-0.05, 0) is 34.6 Å². The fourth-order valence-corrected chi connectivity index (χ4v) is 2.10. The van der Waals surface area contributed by atoms with E-state index in [2.05, 4.69) is 0 Å². The number of rotatable bonds is 3. The molecule has 1 amide bonds. The minimum absolute atomic E-state index is 0.252. The van der Waals surface area contributed by atoms with Gasteiger partial charge >= 0.3 is 6.09 Å². The highest BCUT2D eigenvalue weighted by Gasteiger charge is 2.47. The molecule has 116 valence electrons. The minimum Gasteiger partial charge on any atom is -0.444 e. The van der Waals surface area contributed by atoms with Crippen LogP contribution in [-0.4, -0.2) is 52.7 Å². The van der Waals surface area contributed by atoms with Crippen LogP contribution >= 0.6 is 0 Å². The molecule has 0 spiro atoms. The van der Waals surface area contributed by atoms with E-state index >= 15 is 0 Å². The SMILES string of the molecule is CC(C)(C)OC(=O)N1C([C@@H](O)/C=C/CN)COC1(C)C. The normalized spacial score (nSPS) is 24.1. The van der Waals surface area contributed by atoms with E-state index in [9.17, 15) is 9.90 Å². The van der Waals surface area contributed by atoms with Crippen LogP contribution in [0, 0.1) is 0 Å². The highest BCUT2D eigenvalue weighted by Crippen LogP contribution is 2.31. The number of carbonyl (C=O) groups is 1. The first-order valence-corrected chi connectivity index (χ1v) is 6.79. The quantitative estimate of drug-likeness (QED) is 0.762. The lowest BCUT2D eigenvalue weighted by Crippen LogP contribution is -2.53. The summed E-state index contributed by atoms with van der Waals surface area (Å²) in [6, 6.07) is -0.484. The molecule has 1 saturated heterocycles. The van der Waals surface area contributed by atoms with E-state index in [1.165, 1.54) is 4.90 Å². The van der Waals surface area contributed by atoms with Crippen LogP contribution in [0.3, 0.4) is 0 Å². The number of hydrogen-bond donors (Lipinski definition) is 2. The van der Waals surface area contributed by atoms with E-state index < -0.39 is 29.6 Å². The Labute approximate surface area is 120 Å². The molecule has 6 heteroatoms. The average Bonchev–Trinajstić information content (AvgIpc) is 2.59. The number of aliphatic hydroxyl groups excluding tert-OH is 1. The third kappa shape index (κ3) is 4.19. The van der Waals surface area contributed by atoms with E-state index in [-0.39, 0.29) is 6.61 Å². The Balaban J connectivity index is 2.90. The number of ether oxygens (including phenoxy) is 2. The Kier molecular flexibility index (Phi) is 5.18. The number of aliphatic hydroxyl groups is 1. The maximum atomic E-state index is 12.3. The van der Waals surface area contributed by atoms with E-state index in [1.54, 1.807) is 46.8 Å². The summed E-state index contributed by atoms with van der Waals surface area (Å²) in [5.41, 5.74) is 3.96. The molecule has 6 nitrogen and oxygen atoms in total. The van der Waals surface area contributed by atoms with Crippen molar-refractivity contribution in [2.24, 2.45) is 5.73 Å². The van der Waals surface area contributed by atoms with Gasteiger partial charge in [0.1, 0.15) is 11.3 Å². The van der Waals surface area contributed by atoms with E-state index in [0.717, 1.165) is 0 Å². The van der Waals surface area contributed by atoms with Gasteiger partial charge in [0.15, 0.2) is 0 Å². The molecule has 1 aliphatic rings. The lowest BCUT2D eigenvalue weighted by Gasteiger charge is -2.36. The van der Waals surface area contributed by atoms with Gasteiger partial charge in [-0.15, -0.1) is 0 Å².